The van der Waals surface area contributed by atoms with E-state index in [0.717, 1.165) is 25.7 Å². The highest BCUT2D eigenvalue weighted by molar-refractivity contribution is 5.30. The fraction of sp³-hybridized carbons (Fsp3) is 0.625. The van der Waals surface area contributed by atoms with Crippen LogP contribution < -0.4 is 16.2 Å². The molecular weight excluding hydrogens is 268 g/mol. The summed E-state index contributed by atoms with van der Waals surface area (Å²) in [5.41, 5.74) is 11.2. The van der Waals surface area contributed by atoms with Crippen LogP contribution in [0.5, 0.6) is 5.75 Å². The number of ether oxygens (including phenoxy) is 1. The van der Waals surface area contributed by atoms with Crippen LogP contribution in [0.3, 0.4) is 0 Å². The van der Waals surface area contributed by atoms with Crippen LogP contribution in [-0.2, 0) is 0 Å². The zero-order valence-corrected chi connectivity index (χ0v) is 12.4. The largest absolute Gasteiger partial charge is 0.491 e. The van der Waals surface area contributed by atoms with E-state index >= 15 is 0 Å². The molecule has 1 aliphatic carbocycles. The second-order valence-corrected chi connectivity index (χ2v) is 5.99. The van der Waals surface area contributed by atoms with Crippen molar-refractivity contribution in [1.29, 1.82) is 0 Å². The van der Waals surface area contributed by atoms with Gasteiger partial charge in [0.1, 0.15) is 12.4 Å². The van der Waals surface area contributed by atoms with Gasteiger partial charge in [-0.2, -0.15) is 0 Å². The number of hydrogen-bond donors (Lipinski definition) is 4. The number of rotatable bonds is 6. The van der Waals surface area contributed by atoms with E-state index in [1.54, 1.807) is 12.1 Å². The first-order chi connectivity index (χ1) is 10.0. The molecule has 1 aromatic carbocycles. The summed E-state index contributed by atoms with van der Waals surface area (Å²) in [6.07, 6.45) is 4.03. The van der Waals surface area contributed by atoms with E-state index in [-0.39, 0.29) is 13.2 Å². The van der Waals surface area contributed by atoms with Gasteiger partial charge in [-0.1, -0.05) is 31.4 Å². The van der Waals surface area contributed by atoms with Crippen LogP contribution in [0.2, 0.25) is 0 Å². The zero-order valence-electron chi connectivity index (χ0n) is 12.4. The zero-order chi connectivity index (χ0) is 15.3. The average Bonchev–Trinajstić information content (AvgIpc) is 2.52. The minimum atomic E-state index is -0.809. The molecule has 118 valence electrons. The molecule has 21 heavy (non-hydrogen) atoms. The number of aliphatic hydroxyl groups is 2. The maximum atomic E-state index is 10.4. The first kappa shape index (κ1) is 16.2. The predicted molar refractivity (Wildman–Crippen MR) is 82.0 cm³/mol. The lowest BCUT2D eigenvalue weighted by molar-refractivity contribution is -0.0339. The third-order valence-corrected chi connectivity index (χ3v) is 4.17. The quantitative estimate of drug-likeness (QED) is 0.629. The van der Waals surface area contributed by atoms with Gasteiger partial charge in [-0.15, -0.1) is 0 Å². The second kappa shape index (κ2) is 7.22. The molecule has 0 radical (unpaired) electrons. The van der Waals surface area contributed by atoms with Crippen LogP contribution in [-0.4, -0.2) is 35.0 Å². The Bertz CT molecular complexity index is 447. The van der Waals surface area contributed by atoms with Gasteiger partial charge < -0.3 is 26.4 Å². The molecule has 0 saturated heterocycles. The van der Waals surface area contributed by atoms with Crippen LogP contribution in [0, 0.1) is 0 Å². The molecular formula is C16H26N2O3. The highest BCUT2D eigenvalue weighted by atomic mass is 16.5. The molecule has 0 aromatic heterocycles. The van der Waals surface area contributed by atoms with E-state index < -0.39 is 17.7 Å². The SMILES string of the molecule is NC[C@@H](N)[C@@H](O)c1cccc(OCC2(O)CCCCC2)c1. The molecule has 0 spiro atoms. The Hall–Kier alpha value is -1.14. The summed E-state index contributed by atoms with van der Waals surface area (Å²) in [4.78, 5) is 0. The van der Waals surface area contributed by atoms with Crippen molar-refractivity contribution >= 4 is 0 Å². The Kier molecular flexibility index (Phi) is 5.58. The van der Waals surface area contributed by atoms with Crippen molar-refractivity contribution in [2.75, 3.05) is 13.2 Å². The molecule has 6 N–H and O–H groups in total. The van der Waals surface area contributed by atoms with Crippen molar-refractivity contribution in [3.63, 3.8) is 0 Å². The summed E-state index contributed by atoms with van der Waals surface area (Å²) in [6, 6.07) is 6.68. The number of aliphatic hydroxyl groups excluding tert-OH is 1. The van der Waals surface area contributed by atoms with Gasteiger partial charge in [-0.05, 0) is 30.5 Å². The smallest absolute Gasteiger partial charge is 0.119 e. The molecule has 0 amide bonds. The van der Waals surface area contributed by atoms with Gasteiger partial charge >= 0.3 is 0 Å². The summed E-state index contributed by atoms with van der Waals surface area (Å²) in [5.74, 6) is 0.634. The lowest BCUT2D eigenvalue weighted by atomic mass is 9.85. The van der Waals surface area contributed by atoms with Crippen molar-refractivity contribution in [2.24, 2.45) is 11.5 Å². The third kappa shape index (κ3) is 4.41. The maximum absolute atomic E-state index is 10.4. The Morgan fingerprint density at radius 1 is 1.24 bits per heavy atom. The number of hydrogen-bond acceptors (Lipinski definition) is 5. The highest BCUT2D eigenvalue weighted by Gasteiger charge is 2.30. The predicted octanol–water partition coefficient (Wildman–Crippen LogP) is 1.08. The molecule has 1 aromatic rings. The van der Waals surface area contributed by atoms with E-state index in [0.29, 0.717) is 11.3 Å². The summed E-state index contributed by atoms with van der Waals surface area (Å²) in [6.45, 7) is 0.501. The normalized spacial score (nSPS) is 20.8. The van der Waals surface area contributed by atoms with E-state index in [1.165, 1.54) is 6.42 Å². The standard InChI is InChI=1S/C16H26N2O3/c17-10-14(18)15(19)12-5-4-6-13(9-12)21-11-16(20)7-2-1-3-8-16/h4-6,9,14-15,19-20H,1-3,7-8,10-11,17-18H2/t14-,15+/m1/s1. The van der Waals surface area contributed by atoms with Crippen LogP contribution in [0.4, 0.5) is 0 Å². The van der Waals surface area contributed by atoms with Crippen molar-refractivity contribution < 1.29 is 14.9 Å². The van der Waals surface area contributed by atoms with Gasteiger partial charge in [0.25, 0.3) is 0 Å². The molecule has 5 nitrogen and oxygen atoms in total. The first-order valence-corrected chi connectivity index (χ1v) is 7.63. The topological polar surface area (TPSA) is 102 Å². The molecule has 0 heterocycles. The average molecular weight is 294 g/mol. The summed E-state index contributed by atoms with van der Waals surface area (Å²) in [5, 5.41) is 20.5. The Morgan fingerprint density at radius 2 is 1.95 bits per heavy atom. The summed E-state index contributed by atoms with van der Waals surface area (Å²) in [7, 11) is 0. The van der Waals surface area contributed by atoms with Crippen LogP contribution in [0.25, 0.3) is 0 Å². The summed E-state index contributed by atoms with van der Waals surface area (Å²) >= 11 is 0. The fourth-order valence-electron chi connectivity index (χ4n) is 2.74. The van der Waals surface area contributed by atoms with Gasteiger partial charge in [-0.3, -0.25) is 0 Å². The molecule has 2 atom stereocenters. The van der Waals surface area contributed by atoms with Gasteiger partial charge in [0.05, 0.1) is 11.7 Å². The van der Waals surface area contributed by atoms with Crippen LogP contribution in [0.15, 0.2) is 24.3 Å². The molecule has 1 aliphatic rings. The lowest BCUT2D eigenvalue weighted by Gasteiger charge is -2.31. The Morgan fingerprint density at radius 3 is 2.62 bits per heavy atom. The lowest BCUT2D eigenvalue weighted by Crippen LogP contribution is -2.38. The van der Waals surface area contributed by atoms with Crippen molar-refractivity contribution in [2.45, 2.75) is 49.9 Å². The van der Waals surface area contributed by atoms with E-state index in [2.05, 4.69) is 0 Å². The number of benzene rings is 1. The molecule has 5 heteroatoms. The van der Waals surface area contributed by atoms with Gasteiger partial charge in [0.15, 0.2) is 0 Å². The minimum Gasteiger partial charge on any atom is -0.491 e. The second-order valence-electron chi connectivity index (χ2n) is 5.99. The van der Waals surface area contributed by atoms with E-state index in [1.807, 2.05) is 12.1 Å². The van der Waals surface area contributed by atoms with Crippen molar-refractivity contribution in [1.82, 2.24) is 0 Å². The molecule has 0 aliphatic heterocycles. The molecule has 0 unspecified atom stereocenters. The first-order valence-electron chi connectivity index (χ1n) is 7.63. The Labute approximate surface area is 125 Å². The molecule has 1 saturated carbocycles. The number of nitrogens with two attached hydrogens (primary N) is 2. The molecule has 0 bridgehead atoms. The summed E-state index contributed by atoms with van der Waals surface area (Å²) < 4.78 is 5.72. The molecule has 1 fully saturated rings. The van der Waals surface area contributed by atoms with E-state index in [4.69, 9.17) is 16.2 Å². The van der Waals surface area contributed by atoms with Gasteiger partial charge in [0, 0.05) is 12.6 Å². The maximum Gasteiger partial charge on any atom is 0.119 e. The molecule has 2 rings (SSSR count). The monoisotopic (exact) mass is 294 g/mol. The fourth-order valence-corrected chi connectivity index (χ4v) is 2.74. The van der Waals surface area contributed by atoms with E-state index in [9.17, 15) is 10.2 Å². The Balaban J connectivity index is 1.97. The van der Waals surface area contributed by atoms with Crippen LogP contribution >= 0.6 is 0 Å². The van der Waals surface area contributed by atoms with Gasteiger partial charge in [-0.25, -0.2) is 0 Å². The van der Waals surface area contributed by atoms with Crippen molar-refractivity contribution in [3.8, 4) is 5.75 Å². The van der Waals surface area contributed by atoms with Crippen molar-refractivity contribution in [3.05, 3.63) is 29.8 Å². The van der Waals surface area contributed by atoms with Crippen LogP contribution in [0.1, 0.15) is 43.8 Å². The van der Waals surface area contributed by atoms with Gasteiger partial charge in [0.2, 0.25) is 0 Å². The minimum absolute atomic E-state index is 0.214. The highest BCUT2D eigenvalue weighted by Crippen LogP contribution is 2.29. The third-order valence-electron chi connectivity index (χ3n) is 4.17.